The second-order valence-corrected chi connectivity index (χ2v) is 5.75. The third kappa shape index (κ3) is 3.95. The summed E-state index contributed by atoms with van der Waals surface area (Å²) in [4.78, 5) is 12.3. The molecular weight excluding hydrogens is 296 g/mol. The second kappa shape index (κ2) is 7.36. The minimum Gasteiger partial charge on any atom is -0.352 e. The molecule has 23 heavy (non-hydrogen) atoms. The molecule has 0 saturated heterocycles. The van der Waals surface area contributed by atoms with Gasteiger partial charge in [0.15, 0.2) is 17.4 Å². The highest BCUT2D eigenvalue weighted by Crippen LogP contribution is 2.29. The number of carbonyl (C=O) groups excluding carboxylic acids is 1. The van der Waals surface area contributed by atoms with Crippen LogP contribution in [0.25, 0.3) is 0 Å². The van der Waals surface area contributed by atoms with Crippen LogP contribution in [0, 0.1) is 25.5 Å². The highest BCUT2D eigenvalue weighted by molar-refractivity contribution is 6.02. The quantitative estimate of drug-likeness (QED) is 0.693. The molecule has 0 aliphatic rings. The molecule has 0 bridgehead atoms. The number of nitrogens with one attached hydrogen (secondary N) is 1. The summed E-state index contributed by atoms with van der Waals surface area (Å²) in [6, 6.07) is 7.97. The zero-order chi connectivity index (χ0) is 17.0. The topological polar surface area (TPSA) is 29.1 Å². The van der Waals surface area contributed by atoms with Gasteiger partial charge >= 0.3 is 0 Å². The molecule has 0 aliphatic heterocycles. The van der Waals surface area contributed by atoms with Gasteiger partial charge in [0.2, 0.25) is 0 Å². The summed E-state index contributed by atoms with van der Waals surface area (Å²) in [5.41, 5.74) is 2.74. The number of benzene rings is 2. The molecule has 122 valence electrons. The normalized spacial score (nSPS) is 10.7. The van der Waals surface area contributed by atoms with Crippen LogP contribution in [0.15, 0.2) is 30.3 Å². The highest BCUT2D eigenvalue weighted by Gasteiger charge is 2.19. The maximum atomic E-state index is 14.3. The molecule has 0 amide bonds. The van der Waals surface area contributed by atoms with Crippen LogP contribution >= 0.6 is 0 Å². The molecule has 0 saturated carbocycles. The van der Waals surface area contributed by atoms with E-state index in [1.165, 1.54) is 6.07 Å². The Bertz CT molecular complexity index is 726. The van der Waals surface area contributed by atoms with E-state index in [0.29, 0.717) is 12.1 Å². The summed E-state index contributed by atoms with van der Waals surface area (Å²) >= 11 is 0. The van der Waals surface area contributed by atoms with E-state index in [0.717, 1.165) is 30.0 Å². The zero-order valence-electron chi connectivity index (χ0n) is 13.7. The Kier molecular flexibility index (Phi) is 5.48. The average molecular weight is 317 g/mol. The Morgan fingerprint density at radius 2 is 1.87 bits per heavy atom. The Hall–Kier alpha value is -2.23. The molecule has 0 heterocycles. The molecule has 2 aromatic rings. The molecule has 0 fully saturated rings. The van der Waals surface area contributed by atoms with Gasteiger partial charge in [-0.3, -0.25) is 4.79 Å². The molecule has 0 radical (unpaired) electrons. The number of rotatable bonds is 6. The van der Waals surface area contributed by atoms with E-state index in [-0.39, 0.29) is 17.0 Å². The Morgan fingerprint density at radius 3 is 2.52 bits per heavy atom. The molecule has 1 N–H and O–H groups in total. The summed E-state index contributed by atoms with van der Waals surface area (Å²) < 4.78 is 27.9. The summed E-state index contributed by atoms with van der Waals surface area (Å²) in [5, 5.41) is 2.90. The first-order valence-corrected chi connectivity index (χ1v) is 7.79. The summed E-state index contributed by atoms with van der Waals surface area (Å²) in [6.07, 6.45) is 1.92. The number of halogens is 2. The van der Waals surface area contributed by atoms with Crippen molar-refractivity contribution in [1.82, 2.24) is 0 Å². The maximum Gasteiger partial charge on any atom is 0.182 e. The van der Waals surface area contributed by atoms with Crippen LogP contribution in [0.5, 0.6) is 0 Å². The van der Waals surface area contributed by atoms with Crippen molar-refractivity contribution in [2.75, 3.05) is 5.32 Å². The van der Waals surface area contributed by atoms with Crippen molar-refractivity contribution in [3.63, 3.8) is 0 Å². The van der Waals surface area contributed by atoms with Gasteiger partial charge in [-0.1, -0.05) is 31.0 Å². The number of ketones is 1. The Labute approximate surface area is 135 Å². The van der Waals surface area contributed by atoms with Gasteiger partial charge in [-0.2, -0.15) is 0 Å². The van der Waals surface area contributed by atoms with E-state index in [1.54, 1.807) is 6.07 Å². The van der Waals surface area contributed by atoms with Gasteiger partial charge in [-0.25, -0.2) is 8.78 Å². The fourth-order valence-electron chi connectivity index (χ4n) is 2.47. The largest absolute Gasteiger partial charge is 0.352 e. The minimum atomic E-state index is -1.02. The van der Waals surface area contributed by atoms with Crippen LogP contribution in [0.3, 0.4) is 0 Å². The summed E-state index contributed by atoms with van der Waals surface area (Å²) in [6.45, 7) is 5.82. The van der Waals surface area contributed by atoms with Gasteiger partial charge in [0.25, 0.3) is 0 Å². The fraction of sp³-hybridized carbons (Fsp3) is 0.316. The van der Waals surface area contributed by atoms with E-state index >= 15 is 0 Å². The van der Waals surface area contributed by atoms with Gasteiger partial charge in [0, 0.05) is 17.7 Å². The Balaban J connectivity index is 2.43. The summed E-state index contributed by atoms with van der Waals surface area (Å²) in [5.74, 6) is -2.17. The van der Waals surface area contributed by atoms with Gasteiger partial charge in [0.1, 0.15) is 0 Å². The molecule has 0 unspecified atom stereocenters. The first-order chi connectivity index (χ1) is 10.9. The molecule has 0 aromatic heterocycles. The lowest BCUT2D eigenvalue weighted by Crippen LogP contribution is -2.08. The smallest absolute Gasteiger partial charge is 0.182 e. The van der Waals surface area contributed by atoms with E-state index in [4.69, 9.17) is 0 Å². The van der Waals surface area contributed by atoms with Gasteiger partial charge in [-0.05, 0) is 44.0 Å². The van der Waals surface area contributed by atoms with E-state index in [2.05, 4.69) is 5.32 Å². The summed E-state index contributed by atoms with van der Waals surface area (Å²) in [7, 11) is 0. The third-order valence-electron chi connectivity index (χ3n) is 3.79. The van der Waals surface area contributed by atoms with Gasteiger partial charge in [0.05, 0.1) is 5.69 Å². The van der Waals surface area contributed by atoms with Crippen LogP contribution in [0.1, 0.15) is 47.7 Å². The lowest BCUT2D eigenvalue weighted by molar-refractivity contribution is 0.0980. The van der Waals surface area contributed by atoms with Crippen LogP contribution < -0.4 is 5.32 Å². The number of hydrogen-bond acceptors (Lipinski definition) is 2. The SMILES string of the molecule is CCCCC(=O)c1ccc(F)c(F)c1Nc1ccc(C)cc1C. The second-order valence-electron chi connectivity index (χ2n) is 5.75. The van der Waals surface area contributed by atoms with Crippen molar-refractivity contribution in [1.29, 1.82) is 0 Å². The maximum absolute atomic E-state index is 14.3. The number of unbranched alkanes of at least 4 members (excludes halogenated alkanes) is 1. The predicted octanol–water partition coefficient (Wildman–Crippen LogP) is 5.70. The van der Waals surface area contributed by atoms with Crippen LogP contribution in [0.2, 0.25) is 0 Å². The van der Waals surface area contributed by atoms with Crippen molar-refractivity contribution in [2.45, 2.75) is 40.0 Å². The molecule has 2 rings (SSSR count). The van der Waals surface area contributed by atoms with Crippen LogP contribution in [-0.2, 0) is 0 Å². The van der Waals surface area contributed by atoms with Crippen molar-refractivity contribution in [3.05, 3.63) is 58.7 Å². The number of anilines is 2. The standard InChI is InChI=1S/C19H21F2NO/c1-4-5-6-17(23)14-8-9-15(20)18(21)19(14)22-16-10-7-12(2)11-13(16)3/h7-11,22H,4-6H2,1-3H3. The van der Waals surface area contributed by atoms with Gasteiger partial charge < -0.3 is 5.32 Å². The number of Topliss-reactive ketones (excluding diaryl/α,β-unsaturated/α-hetero) is 1. The number of hydrogen-bond donors (Lipinski definition) is 1. The lowest BCUT2D eigenvalue weighted by atomic mass is 10.0. The number of carbonyl (C=O) groups is 1. The Morgan fingerprint density at radius 1 is 1.13 bits per heavy atom. The van der Waals surface area contributed by atoms with Crippen LogP contribution in [-0.4, -0.2) is 5.78 Å². The van der Waals surface area contributed by atoms with E-state index in [9.17, 15) is 13.6 Å². The fourth-order valence-corrected chi connectivity index (χ4v) is 2.47. The lowest BCUT2D eigenvalue weighted by Gasteiger charge is -2.15. The average Bonchev–Trinajstić information content (AvgIpc) is 2.52. The molecule has 2 nitrogen and oxygen atoms in total. The molecule has 0 atom stereocenters. The van der Waals surface area contributed by atoms with Crippen molar-refractivity contribution in [3.8, 4) is 0 Å². The first kappa shape index (κ1) is 17.1. The number of aryl methyl sites for hydroxylation is 2. The zero-order valence-corrected chi connectivity index (χ0v) is 13.7. The van der Waals surface area contributed by atoms with Crippen molar-refractivity contribution in [2.24, 2.45) is 0 Å². The van der Waals surface area contributed by atoms with Crippen molar-refractivity contribution < 1.29 is 13.6 Å². The molecule has 2 aromatic carbocycles. The van der Waals surface area contributed by atoms with E-state index in [1.807, 2.05) is 32.9 Å². The highest BCUT2D eigenvalue weighted by atomic mass is 19.2. The van der Waals surface area contributed by atoms with Crippen molar-refractivity contribution >= 4 is 17.2 Å². The van der Waals surface area contributed by atoms with Crippen LogP contribution in [0.4, 0.5) is 20.2 Å². The predicted molar refractivity (Wildman–Crippen MR) is 89.4 cm³/mol. The van der Waals surface area contributed by atoms with E-state index < -0.39 is 11.6 Å². The first-order valence-electron chi connectivity index (χ1n) is 7.79. The molecule has 0 aliphatic carbocycles. The molecular formula is C19H21F2NO. The third-order valence-corrected chi connectivity index (χ3v) is 3.79. The molecule has 4 heteroatoms. The van der Waals surface area contributed by atoms with Gasteiger partial charge in [-0.15, -0.1) is 0 Å². The molecule has 0 spiro atoms. The minimum absolute atomic E-state index is 0.0851. The monoisotopic (exact) mass is 317 g/mol.